The van der Waals surface area contributed by atoms with Gasteiger partial charge in [-0.05, 0) is 36.9 Å². The Morgan fingerprint density at radius 3 is 2.37 bits per heavy atom. The van der Waals surface area contributed by atoms with Crippen molar-refractivity contribution in [2.24, 2.45) is 0 Å². The fraction of sp³-hybridized carbons (Fsp3) is 0.316. The Balaban J connectivity index is 1.87. The lowest BCUT2D eigenvalue weighted by molar-refractivity contribution is -0.139. The van der Waals surface area contributed by atoms with Crippen LogP contribution in [0, 0.1) is 0 Å². The Morgan fingerprint density at radius 1 is 1.15 bits per heavy atom. The molecule has 1 atom stereocenters. The summed E-state index contributed by atoms with van der Waals surface area (Å²) in [6, 6.07) is 11.2. The van der Waals surface area contributed by atoms with Crippen LogP contribution in [0.5, 0.6) is 5.75 Å². The van der Waals surface area contributed by atoms with Crippen LogP contribution in [-0.4, -0.2) is 47.4 Å². The van der Waals surface area contributed by atoms with Gasteiger partial charge in [0, 0.05) is 13.1 Å². The smallest absolute Gasteiger partial charge is 0.419 e. The number of aliphatic hydroxyl groups is 1. The lowest BCUT2D eigenvalue weighted by Gasteiger charge is -2.21. The first-order chi connectivity index (χ1) is 12.7. The molecule has 27 heavy (non-hydrogen) atoms. The van der Waals surface area contributed by atoms with Gasteiger partial charge in [-0.3, -0.25) is 4.90 Å². The molecular weight excluding hydrogens is 363 g/mol. The molecule has 0 heterocycles. The number of hydrogen-bond donors (Lipinski definition) is 2. The largest absolute Gasteiger partial charge is 0.490 e. The van der Waals surface area contributed by atoms with Crippen molar-refractivity contribution in [3.63, 3.8) is 0 Å². The number of aromatic carboxylic acids is 1. The SMILES string of the molecule is CN(Cc1ccc(C(=O)O)cc1)CC(O)COc1ccccc1C(F)(F)F. The molecule has 0 aliphatic heterocycles. The predicted molar refractivity (Wildman–Crippen MR) is 92.7 cm³/mol. The van der Waals surface area contributed by atoms with Gasteiger partial charge >= 0.3 is 12.1 Å². The maximum atomic E-state index is 12.9. The molecule has 1 unspecified atom stereocenters. The van der Waals surface area contributed by atoms with Gasteiger partial charge in [0.2, 0.25) is 0 Å². The van der Waals surface area contributed by atoms with Crippen LogP contribution >= 0.6 is 0 Å². The number of likely N-dealkylation sites (N-methyl/N-ethyl adjacent to an activating group) is 1. The van der Waals surface area contributed by atoms with Gasteiger partial charge in [0.25, 0.3) is 0 Å². The summed E-state index contributed by atoms with van der Waals surface area (Å²) in [5.41, 5.74) is 0.139. The van der Waals surface area contributed by atoms with Crippen LogP contribution in [0.2, 0.25) is 0 Å². The van der Waals surface area contributed by atoms with E-state index in [0.717, 1.165) is 11.6 Å². The second kappa shape index (κ2) is 8.88. The molecule has 0 bridgehead atoms. The molecule has 0 saturated heterocycles. The summed E-state index contributed by atoms with van der Waals surface area (Å²) in [4.78, 5) is 12.6. The van der Waals surface area contributed by atoms with E-state index in [4.69, 9.17) is 9.84 Å². The molecule has 0 aromatic heterocycles. The van der Waals surface area contributed by atoms with Gasteiger partial charge in [-0.2, -0.15) is 13.2 Å². The number of hydrogen-bond acceptors (Lipinski definition) is 4. The molecule has 0 fully saturated rings. The summed E-state index contributed by atoms with van der Waals surface area (Å²) < 4.78 is 43.9. The number of halogens is 3. The van der Waals surface area contributed by atoms with Crippen molar-refractivity contribution < 1.29 is 32.9 Å². The lowest BCUT2D eigenvalue weighted by atomic mass is 10.1. The Morgan fingerprint density at radius 2 is 1.78 bits per heavy atom. The highest BCUT2D eigenvalue weighted by molar-refractivity contribution is 5.87. The first-order valence-corrected chi connectivity index (χ1v) is 8.14. The minimum absolute atomic E-state index is 0.175. The molecule has 0 radical (unpaired) electrons. The van der Waals surface area contributed by atoms with Crippen molar-refractivity contribution in [3.8, 4) is 5.75 Å². The van der Waals surface area contributed by atoms with E-state index in [0.29, 0.717) is 6.54 Å². The van der Waals surface area contributed by atoms with E-state index in [9.17, 15) is 23.1 Å². The minimum atomic E-state index is -4.53. The molecule has 2 aromatic carbocycles. The monoisotopic (exact) mass is 383 g/mol. The van der Waals surface area contributed by atoms with Crippen molar-refractivity contribution in [1.29, 1.82) is 0 Å². The van der Waals surface area contributed by atoms with Crippen molar-refractivity contribution in [2.45, 2.75) is 18.8 Å². The van der Waals surface area contributed by atoms with Gasteiger partial charge in [-0.1, -0.05) is 24.3 Å². The number of ether oxygens (including phenoxy) is 1. The zero-order valence-corrected chi connectivity index (χ0v) is 14.6. The molecule has 2 N–H and O–H groups in total. The standard InChI is InChI=1S/C19H20F3NO4/c1-23(10-13-6-8-14(9-7-13)18(25)26)11-15(24)12-27-17-5-3-2-4-16(17)19(20,21)22/h2-9,15,24H,10-12H2,1H3,(H,25,26). The molecular formula is C19H20F3NO4. The van der Waals surface area contributed by atoms with Crippen LogP contribution in [-0.2, 0) is 12.7 Å². The Kier molecular flexibility index (Phi) is 6.81. The molecule has 0 amide bonds. The fourth-order valence-corrected chi connectivity index (χ4v) is 2.55. The Labute approximate surface area is 154 Å². The van der Waals surface area contributed by atoms with E-state index in [1.54, 1.807) is 24.1 Å². The van der Waals surface area contributed by atoms with E-state index in [2.05, 4.69) is 0 Å². The minimum Gasteiger partial charge on any atom is -0.490 e. The predicted octanol–water partition coefficient (Wildman–Crippen LogP) is 3.28. The van der Waals surface area contributed by atoms with Crippen LogP contribution in [0.4, 0.5) is 13.2 Å². The molecule has 0 saturated carbocycles. The third-order valence-electron chi connectivity index (χ3n) is 3.80. The molecule has 0 aliphatic rings. The lowest BCUT2D eigenvalue weighted by Crippen LogP contribution is -2.33. The van der Waals surface area contributed by atoms with Gasteiger partial charge in [0.15, 0.2) is 0 Å². The summed E-state index contributed by atoms with van der Waals surface area (Å²) in [6.45, 7) is 0.334. The zero-order chi connectivity index (χ0) is 20.0. The summed E-state index contributed by atoms with van der Waals surface area (Å²) in [7, 11) is 1.73. The maximum Gasteiger partial charge on any atom is 0.419 e. The number of benzene rings is 2. The van der Waals surface area contributed by atoms with E-state index in [-0.39, 0.29) is 24.5 Å². The summed E-state index contributed by atoms with van der Waals surface area (Å²) in [5.74, 6) is -1.34. The van der Waals surface area contributed by atoms with Crippen LogP contribution in [0.15, 0.2) is 48.5 Å². The summed E-state index contributed by atoms with van der Waals surface area (Å²) in [6.07, 6.45) is -5.52. The zero-order valence-electron chi connectivity index (χ0n) is 14.6. The average molecular weight is 383 g/mol. The molecule has 5 nitrogen and oxygen atoms in total. The Hall–Kier alpha value is -2.58. The quantitative estimate of drug-likeness (QED) is 0.732. The first-order valence-electron chi connectivity index (χ1n) is 8.14. The second-order valence-electron chi connectivity index (χ2n) is 6.16. The van der Waals surface area contributed by atoms with Crippen molar-refractivity contribution in [1.82, 2.24) is 4.90 Å². The summed E-state index contributed by atoms with van der Waals surface area (Å²) >= 11 is 0. The van der Waals surface area contributed by atoms with Gasteiger partial charge in [-0.25, -0.2) is 4.79 Å². The Bertz CT molecular complexity index is 762. The number of aliphatic hydroxyl groups excluding tert-OH is 1. The number of para-hydroxylation sites is 1. The summed E-state index contributed by atoms with van der Waals surface area (Å²) in [5, 5.41) is 18.9. The van der Waals surface area contributed by atoms with Crippen molar-refractivity contribution >= 4 is 5.97 Å². The molecule has 146 valence electrons. The van der Waals surface area contributed by atoms with E-state index >= 15 is 0 Å². The van der Waals surface area contributed by atoms with Crippen molar-refractivity contribution in [2.75, 3.05) is 20.2 Å². The number of alkyl halides is 3. The van der Waals surface area contributed by atoms with Gasteiger partial charge < -0.3 is 14.9 Å². The highest BCUT2D eigenvalue weighted by atomic mass is 19.4. The van der Waals surface area contributed by atoms with Gasteiger partial charge in [0.1, 0.15) is 18.5 Å². The fourth-order valence-electron chi connectivity index (χ4n) is 2.55. The molecule has 2 rings (SSSR count). The number of rotatable bonds is 8. The molecule has 8 heteroatoms. The normalized spacial score (nSPS) is 12.8. The van der Waals surface area contributed by atoms with E-state index in [1.807, 2.05) is 0 Å². The van der Waals surface area contributed by atoms with Crippen molar-refractivity contribution in [3.05, 3.63) is 65.2 Å². The average Bonchev–Trinajstić information content (AvgIpc) is 2.59. The van der Waals surface area contributed by atoms with E-state index in [1.165, 1.54) is 30.3 Å². The van der Waals surface area contributed by atoms with Crippen LogP contribution in [0.3, 0.4) is 0 Å². The molecule has 2 aromatic rings. The molecule has 0 spiro atoms. The third kappa shape index (κ3) is 6.26. The van der Waals surface area contributed by atoms with Gasteiger partial charge in [0.05, 0.1) is 11.1 Å². The molecule has 0 aliphatic carbocycles. The first kappa shape index (κ1) is 20.7. The van der Waals surface area contributed by atoms with E-state index < -0.39 is 23.8 Å². The number of carboxylic acid groups (broad SMARTS) is 1. The third-order valence-corrected chi connectivity index (χ3v) is 3.80. The maximum absolute atomic E-state index is 12.9. The van der Waals surface area contributed by atoms with Crippen LogP contribution in [0.1, 0.15) is 21.5 Å². The van der Waals surface area contributed by atoms with Gasteiger partial charge in [-0.15, -0.1) is 0 Å². The highest BCUT2D eigenvalue weighted by Gasteiger charge is 2.34. The number of carbonyl (C=O) groups is 1. The highest BCUT2D eigenvalue weighted by Crippen LogP contribution is 2.35. The van der Waals surface area contributed by atoms with Crippen LogP contribution < -0.4 is 4.74 Å². The number of nitrogens with zero attached hydrogens (tertiary/aromatic N) is 1. The topological polar surface area (TPSA) is 70.0 Å². The van der Waals surface area contributed by atoms with Crippen LogP contribution in [0.25, 0.3) is 0 Å². The number of carboxylic acids is 1. The second-order valence-corrected chi connectivity index (χ2v) is 6.16.